The first-order valence-corrected chi connectivity index (χ1v) is 4.80. The van der Waals surface area contributed by atoms with Crippen LogP contribution in [0.1, 0.15) is 18.4 Å². The summed E-state index contributed by atoms with van der Waals surface area (Å²) in [6.07, 6.45) is 1.02. The number of hydrogen-bond acceptors (Lipinski definition) is 2. The maximum Gasteiger partial charge on any atom is 0.123 e. The van der Waals surface area contributed by atoms with E-state index in [0.29, 0.717) is 19.4 Å². The van der Waals surface area contributed by atoms with E-state index in [2.05, 4.69) is 0 Å². The number of benzene rings is 1. The van der Waals surface area contributed by atoms with Crippen LogP contribution in [-0.2, 0) is 5.41 Å². The number of aliphatic hydroxyl groups is 1. The molecule has 1 fully saturated rings. The summed E-state index contributed by atoms with van der Waals surface area (Å²) in [5.74, 6) is -0.239. The van der Waals surface area contributed by atoms with Crippen LogP contribution in [0.2, 0.25) is 0 Å². The maximum atomic E-state index is 13.0. The van der Waals surface area contributed by atoms with E-state index in [4.69, 9.17) is 5.73 Å². The monoisotopic (exact) mass is 195 g/mol. The topological polar surface area (TPSA) is 46.2 Å². The first-order chi connectivity index (χ1) is 6.66. The zero-order valence-electron chi connectivity index (χ0n) is 7.91. The number of hydrogen-bond donors (Lipinski definition) is 2. The highest BCUT2D eigenvalue weighted by atomic mass is 19.1. The molecule has 0 bridgehead atoms. The third-order valence-electron chi connectivity index (χ3n) is 3.08. The van der Waals surface area contributed by atoms with Gasteiger partial charge in [0.2, 0.25) is 0 Å². The number of rotatable bonds is 2. The summed E-state index contributed by atoms with van der Waals surface area (Å²) in [5.41, 5.74) is 6.39. The summed E-state index contributed by atoms with van der Waals surface area (Å²) in [6, 6.07) is 6.50. The Morgan fingerprint density at radius 1 is 1.50 bits per heavy atom. The molecule has 0 amide bonds. The van der Waals surface area contributed by atoms with Gasteiger partial charge < -0.3 is 10.8 Å². The van der Waals surface area contributed by atoms with Crippen molar-refractivity contribution in [3.63, 3.8) is 0 Å². The van der Waals surface area contributed by atoms with Gasteiger partial charge in [0, 0.05) is 12.0 Å². The summed E-state index contributed by atoms with van der Waals surface area (Å²) in [5, 5.41) is 9.30. The summed E-state index contributed by atoms with van der Waals surface area (Å²) in [6.45, 7) is 0.466. The van der Waals surface area contributed by atoms with Crippen molar-refractivity contribution >= 4 is 0 Å². The van der Waals surface area contributed by atoms with E-state index in [9.17, 15) is 9.50 Å². The average Bonchev–Trinajstić information content (AvgIpc) is 2.12. The van der Waals surface area contributed by atoms with Crippen molar-refractivity contribution in [3.8, 4) is 0 Å². The van der Waals surface area contributed by atoms with E-state index < -0.39 is 0 Å². The SMILES string of the molecule is NCC1(c2cccc(F)c2)CC(O)C1. The van der Waals surface area contributed by atoms with Crippen molar-refractivity contribution in [2.75, 3.05) is 6.54 Å². The Hall–Kier alpha value is -0.930. The highest BCUT2D eigenvalue weighted by Gasteiger charge is 2.43. The minimum absolute atomic E-state index is 0.193. The molecular weight excluding hydrogens is 181 g/mol. The first-order valence-electron chi connectivity index (χ1n) is 4.80. The van der Waals surface area contributed by atoms with Crippen LogP contribution in [-0.4, -0.2) is 17.8 Å². The molecule has 1 saturated carbocycles. The van der Waals surface area contributed by atoms with Crippen molar-refractivity contribution in [2.24, 2.45) is 5.73 Å². The van der Waals surface area contributed by atoms with Gasteiger partial charge in [-0.2, -0.15) is 0 Å². The van der Waals surface area contributed by atoms with E-state index in [1.807, 2.05) is 6.07 Å². The van der Waals surface area contributed by atoms with Crippen molar-refractivity contribution in [1.29, 1.82) is 0 Å². The molecule has 0 saturated heterocycles. The maximum absolute atomic E-state index is 13.0. The van der Waals surface area contributed by atoms with Crippen LogP contribution in [0.15, 0.2) is 24.3 Å². The van der Waals surface area contributed by atoms with Gasteiger partial charge in [-0.1, -0.05) is 12.1 Å². The van der Waals surface area contributed by atoms with Crippen LogP contribution in [0.4, 0.5) is 4.39 Å². The molecule has 0 aromatic heterocycles. The molecule has 14 heavy (non-hydrogen) atoms. The lowest BCUT2D eigenvalue weighted by Gasteiger charge is -2.45. The van der Waals surface area contributed by atoms with Crippen molar-refractivity contribution in [1.82, 2.24) is 0 Å². The van der Waals surface area contributed by atoms with Crippen LogP contribution in [0.3, 0.4) is 0 Å². The van der Waals surface area contributed by atoms with Crippen LogP contribution in [0.25, 0.3) is 0 Å². The second kappa shape index (κ2) is 3.33. The molecule has 2 nitrogen and oxygen atoms in total. The predicted octanol–water partition coefficient (Wildman–Crippen LogP) is 1.18. The largest absolute Gasteiger partial charge is 0.393 e. The average molecular weight is 195 g/mol. The molecule has 0 radical (unpaired) electrons. The molecule has 76 valence electrons. The third kappa shape index (κ3) is 1.42. The molecule has 1 aromatic rings. The minimum Gasteiger partial charge on any atom is -0.393 e. The van der Waals surface area contributed by atoms with Gasteiger partial charge in [0.1, 0.15) is 5.82 Å². The fourth-order valence-electron chi connectivity index (χ4n) is 2.18. The van der Waals surface area contributed by atoms with Gasteiger partial charge in [-0.3, -0.25) is 0 Å². The Kier molecular flexibility index (Phi) is 2.29. The number of nitrogens with two attached hydrogens (primary N) is 1. The van der Waals surface area contributed by atoms with Gasteiger partial charge >= 0.3 is 0 Å². The van der Waals surface area contributed by atoms with Crippen molar-refractivity contribution < 1.29 is 9.50 Å². The Balaban J connectivity index is 2.29. The Bertz CT molecular complexity index is 334. The predicted molar refractivity (Wildman–Crippen MR) is 52.4 cm³/mol. The summed E-state index contributed by atoms with van der Waals surface area (Å²) >= 11 is 0. The van der Waals surface area contributed by atoms with Gasteiger partial charge in [-0.25, -0.2) is 4.39 Å². The molecule has 0 heterocycles. The fourth-order valence-corrected chi connectivity index (χ4v) is 2.18. The van der Waals surface area contributed by atoms with Gasteiger partial charge in [-0.15, -0.1) is 0 Å². The smallest absolute Gasteiger partial charge is 0.123 e. The summed E-state index contributed by atoms with van der Waals surface area (Å²) in [4.78, 5) is 0. The highest BCUT2D eigenvalue weighted by Crippen LogP contribution is 2.43. The van der Waals surface area contributed by atoms with Crippen molar-refractivity contribution in [2.45, 2.75) is 24.4 Å². The summed E-state index contributed by atoms with van der Waals surface area (Å²) in [7, 11) is 0. The third-order valence-corrected chi connectivity index (χ3v) is 3.08. The molecule has 1 aliphatic rings. The van der Waals surface area contributed by atoms with E-state index in [-0.39, 0.29) is 17.3 Å². The van der Waals surface area contributed by atoms with Gasteiger partial charge in [0.15, 0.2) is 0 Å². The lowest BCUT2D eigenvalue weighted by molar-refractivity contribution is 0.0220. The molecule has 0 spiro atoms. The summed E-state index contributed by atoms with van der Waals surface area (Å²) < 4.78 is 13.0. The van der Waals surface area contributed by atoms with E-state index >= 15 is 0 Å². The molecule has 3 N–H and O–H groups in total. The highest BCUT2D eigenvalue weighted by molar-refractivity contribution is 5.30. The number of aliphatic hydroxyl groups excluding tert-OH is 1. The lowest BCUT2D eigenvalue weighted by Crippen LogP contribution is -2.49. The minimum atomic E-state index is -0.276. The standard InChI is InChI=1S/C11H14FNO/c12-9-3-1-2-8(4-9)11(7-13)5-10(14)6-11/h1-4,10,14H,5-7,13H2. The van der Waals surface area contributed by atoms with Crippen LogP contribution >= 0.6 is 0 Å². The van der Waals surface area contributed by atoms with Crippen LogP contribution < -0.4 is 5.73 Å². The molecule has 1 aliphatic carbocycles. The Morgan fingerprint density at radius 2 is 2.21 bits per heavy atom. The Morgan fingerprint density at radius 3 is 2.71 bits per heavy atom. The van der Waals surface area contributed by atoms with E-state index in [1.165, 1.54) is 12.1 Å². The molecular formula is C11H14FNO. The van der Waals surface area contributed by atoms with Gasteiger partial charge in [-0.05, 0) is 30.5 Å². The van der Waals surface area contributed by atoms with E-state index in [0.717, 1.165) is 5.56 Å². The van der Waals surface area contributed by atoms with Gasteiger partial charge in [0.05, 0.1) is 6.10 Å². The fraction of sp³-hybridized carbons (Fsp3) is 0.455. The second-order valence-corrected chi connectivity index (χ2v) is 4.06. The normalized spacial score (nSPS) is 31.2. The van der Waals surface area contributed by atoms with Crippen molar-refractivity contribution in [3.05, 3.63) is 35.6 Å². The molecule has 1 aromatic carbocycles. The Labute approximate surface area is 82.5 Å². The quantitative estimate of drug-likeness (QED) is 0.744. The lowest BCUT2D eigenvalue weighted by atomic mass is 9.63. The van der Waals surface area contributed by atoms with E-state index in [1.54, 1.807) is 6.07 Å². The zero-order chi connectivity index (χ0) is 10.2. The zero-order valence-corrected chi connectivity index (χ0v) is 7.91. The molecule has 2 rings (SSSR count). The molecule has 3 heteroatoms. The molecule has 0 atom stereocenters. The number of halogens is 1. The van der Waals surface area contributed by atoms with Crippen LogP contribution in [0.5, 0.6) is 0 Å². The van der Waals surface area contributed by atoms with Gasteiger partial charge in [0.25, 0.3) is 0 Å². The molecule has 0 unspecified atom stereocenters. The molecule has 0 aliphatic heterocycles. The second-order valence-electron chi connectivity index (χ2n) is 4.06. The van der Waals surface area contributed by atoms with Crippen LogP contribution in [0, 0.1) is 5.82 Å². The first kappa shape index (κ1) is 9.62.